The van der Waals surface area contributed by atoms with Gasteiger partial charge in [0.2, 0.25) is 0 Å². The first-order chi connectivity index (χ1) is 17.3. The van der Waals surface area contributed by atoms with E-state index in [0.717, 1.165) is 55.5 Å². The predicted molar refractivity (Wildman–Crippen MR) is 141 cm³/mol. The summed E-state index contributed by atoms with van der Waals surface area (Å²) in [5.74, 6) is -0.653. The fraction of sp³-hybridized carbons (Fsp3) is 0.481. The fourth-order valence-corrected chi connectivity index (χ4v) is 5.41. The third-order valence-corrected chi connectivity index (χ3v) is 8.02. The van der Waals surface area contributed by atoms with Crippen LogP contribution in [0.2, 0.25) is 0 Å². The number of amides is 2. The number of ether oxygens (including phenoxy) is 1. The zero-order valence-electron chi connectivity index (χ0n) is 21.2. The Kier molecular flexibility index (Phi) is 10.5. The van der Waals surface area contributed by atoms with Gasteiger partial charge in [-0.05, 0) is 62.2 Å². The van der Waals surface area contributed by atoms with Gasteiger partial charge < -0.3 is 20.3 Å². The summed E-state index contributed by atoms with van der Waals surface area (Å²) in [5.41, 5.74) is 3.02. The van der Waals surface area contributed by atoms with Crippen molar-refractivity contribution in [1.29, 1.82) is 0 Å². The Hall–Kier alpha value is -2.75. The lowest BCUT2D eigenvalue weighted by atomic mass is 10.0. The van der Waals surface area contributed by atoms with Gasteiger partial charge in [-0.1, -0.05) is 37.0 Å². The van der Waals surface area contributed by atoms with Gasteiger partial charge in [0.15, 0.2) is 9.84 Å². The Morgan fingerprint density at radius 3 is 2.50 bits per heavy atom. The first-order valence-electron chi connectivity index (χ1n) is 12.5. The zero-order valence-corrected chi connectivity index (χ0v) is 22.0. The Morgan fingerprint density at radius 2 is 1.75 bits per heavy atom. The molecule has 1 aliphatic rings. The lowest BCUT2D eigenvalue weighted by molar-refractivity contribution is -0.122. The first kappa shape index (κ1) is 27.8. The third-order valence-electron chi connectivity index (χ3n) is 6.29. The maximum absolute atomic E-state index is 12.9. The van der Waals surface area contributed by atoms with E-state index in [1.165, 1.54) is 7.11 Å². The molecule has 0 spiro atoms. The number of sulfone groups is 1. The SMILES string of the molecule is COCC(=O)N1CCCCCCCNCc2cc(C(=O)NCCS(=O)(=O)c3ccc(C)cc3)ccc21. The van der Waals surface area contributed by atoms with Gasteiger partial charge in [-0.3, -0.25) is 9.59 Å². The molecule has 0 atom stereocenters. The van der Waals surface area contributed by atoms with Crippen molar-refractivity contribution in [3.63, 3.8) is 0 Å². The molecular formula is C27H37N3O5S. The summed E-state index contributed by atoms with van der Waals surface area (Å²) < 4.78 is 30.3. The van der Waals surface area contributed by atoms with Gasteiger partial charge in [-0.15, -0.1) is 0 Å². The highest BCUT2D eigenvalue weighted by molar-refractivity contribution is 7.91. The number of rotatable bonds is 7. The molecule has 0 bridgehead atoms. The molecule has 2 aromatic rings. The molecule has 0 aromatic heterocycles. The van der Waals surface area contributed by atoms with E-state index < -0.39 is 9.84 Å². The highest BCUT2D eigenvalue weighted by Crippen LogP contribution is 2.24. The van der Waals surface area contributed by atoms with Gasteiger partial charge in [0.05, 0.1) is 10.6 Å². The number of fused-ring (bicyclic) bond motifs is 1. The highest BCUT2D eigenvalue weighted by atomic mass is 32.2. The van der Waals surface area contributed by atoms with Crippen LogP contribution in [0.5, 0.6) is 0 Å². The van der Waals surface area contributed by atoms with Crippen molar-refractivity contribution in [3.05, 3.63) is 59.2 Å². The standard InChI is InChI=1S/C27H37N3O5S/c1-21-8-11-24(12-9-21)36(33,34)17-15-29-27(32)22-10-13-25-23(18-22)19-28-14-6-4-3-5-7-16-30(25)26(31)20-35-2/h8-13,18,28H,3-7,14-17,19-20H2,1-2H3,(H,29,32). The second kappa shape index (κ2) is 13.5. The van der Waals surface area contributed by atoms with E-state index in [-0.39, 0.29) is 35.6 Å². The van der Waals surface area contributed by atoms with Gasteiger partial charge >= 0.3 is 0 Å². The largest absolute Gasteiger partial charge is 0.375 e. The van der Waals surface area contributed by atoms with Crippen LogP contribution < -0.4 is 15.5 Å². The Bertz CT molecular complexity index is 1130. The molecule has 8 nitrogen and oxygen atoms in total. The molecular weight excluding hydrogens is 478 g/mol. The monoisotopic (exact) mass is 515 g/mol. The minimum atomic E-state index is -3.50. The summed E-state index contributed by atoms with van der Waals surface area (Å²) in [6.45, 7) is 3.87. The van der Waals surface area contributed by atoms with Gasteiger partial charge in [0.25, 0.3) is 11.8 Å². The van der Waals surface area contributed by atoms with E-state index in [0.29, 0.717) is 18.7 Å². The second-order valence-electron chi connectivity index (χ2n) is 9.15. The second-order valence-corrected chi connectivity index (χ2v) is 11.3. The molecule has 1 aliphatic heterocycles. The van der Waals surface area contributed by atoms with E-state index in [1.54, 1.807) is 47.4 Å². The quantitative estimate of drug-likeness (QED) is 0.587. The van der Waals surface area contributed by atoms with Crippen molar-refractivity contribution >= 4 is 27.3 Å². The van der Waals surface area contributed by atoms with E-state index in [1.807, 2.05) is 6.92 Å². The van der Waals surface area contributed by atoms with Crippen LogP contribution in [-0.4, -0.2) is 59.3 Å². The van der Waals surface area contributed by atoms with Gasteiger partial charge in [-0.25, -0.2) is 8.42 Å². The van der Waals surface area contributed by atoms with E-state index in [9.17, 15) is 18.0 Å². The predicted octanol–water partition coefficient (Wildman–Crippen LogP) is 3.23. The van der Waals surface area contributed by atoms with E-state index in [2.05, 4.69) is 10.6 Å². The number of aryl methyl sites for hydroxylation is 1. The molecule has 1 heterocycles. The number of carbonyl (C=O) groups excluding carboxylic acids is 2. The molecule has 3 rings (SSSR count). The van der Waals surface area contributed by atoms with Crippen molar-refractivity contribution < 1.29 is 22.7 Å². The van der Waals surface area contributed by atoms with Gasteiger partial charge in [0, 0.05) is 38.0 Å². The molecule has 36 heavy (non-hydrogen) atoms. The minimum Gasteiger partial charge on any atom is -0.375 e. The van der Waals surface area contributed by atoms with Crippen LogP contribution in [-0.2, 0) is 25.9 Å². The lowest BCUT2D eigenvalue weighted by Crippen LogP contribution is -2.36. The zero-order chi connectivity index (χ0) is 26.0. The number of anilines is 1. The van der Waals surface area contributed by atoms with Crippen molar-refractivity contribution in [2.75, 3.05) is 44.0 Å². The van der Waals surface area contributed by atoms with Crippen LogP contribution in [0.3, 0.4) is 0 Å². The van der Waals surface area contributed by atoms with Gasteiger partial charge in [0.1, 0.15) is 6.61 Å². The number of benzene rings is 2. The maximum Gasteiger partial charge on any atom is 0.252 e. The molecule has 2 N–H and O–H groups in total. The summed E-state index contributed by atoms with van der Waals surface area (Å²) in [6.07, 6.45) is 5.31. The average Bonchev–Trinajstić information content (AvgIpc) is 2.84. The van der Waals surface area contributed by atoms with E-state index >= 15 is 0 Å². The number of nitrogens with one attached hydrogen (secondary N) is 2. The molecule has 9 heteroatoms. The fourth-order valence-electron chi connectivity index (χ4n) is 4.25. The molecule has 0 aliphatic carbocycles. The molecule has 0 unspecified atom stereocenters. The van der Waals surface area contributed by atoms with Crippen LogP contribution >= 0.6 is 0 Å². The summed E-state index contributed by atoms with van der Waals surface area (Å²) in [4.78, 5) is 27.7. The molecule has 2 aromatic carbocycles. The van der Waals surface area contributed by atoms with Crippen LogP contribution in [0.4, 0.5) is 5.69 Å². The van der Waals surface area contributed by atoms with Crippen molar-refractivity contribution in [2.24, 2.45) is 0 Å². The lowest BCUT2D eigenvalue weighted by Gasteiger charge is -2.26. The normalized spacial score (nSPS) is 15.3. The summed E-state index contributed by atoms with van der Waals surface area (Å²) >= 11 is 0. The highest BCUT2D eigenvalue weighted by Gasteiger charge is 2.21. The summed E-state index contributed by atoms with van der Waals surface area (Å²) in [7, 11) is -1.99. The molecule has 0 saturated heterocycles. The summed E-state index contributed by atoms with van der Waals surface area (Å²) in [6, 6.07) is 11.9. The molecule has 0 radical (unpaired) electrons. The minimum absolute atomic E-state index is 0.00281. The molecule has 0 fully saturated rings. The number of hydrogen-bond donors (Lipinski definition) is 2. The van der Waals surface area contributed by atoms with Crippen molar-refractivity contribution in [1.82, 2.24) is 10.6 Å². The Morgan fingerprint density at radius 1 is 1.03 bits per heavy atom. The maximum atomic E-state index is 12.9. The third kappa shape index (κ3) is 7.88. The van der Waals surface area contributed by atoms with Gasteiger partial charge in [-0.2, -0.15) is 0 Å². The molecule has 196 valence electrons. The molecule has 2 amide bonds. The summed E-state index contributed by atoms with van der Waals surface area (Å²) in [5, 5.41) is 6.15. The van der Waals surface area contributed by atoms with E-state index in [4.69, 9.17) is 4.74 Å². The molecule has 0 saturated carbocycles. The Balaban J connectivity index is 1.74. The topological polar surface area (TPSA) is 105 Å². The Labute approximate surface area is 214 Å². The van der Waals surface area contributed by atoms with Crippen LogP contribution in [0.1, 0.15) is 53.6 Å². The number of hydrogen-bond acceptors (Lipinski definition) is 6. The average molecular weight is 516 g/mol. The number of carbonyl (C=O) groups is 2. The van der Waals surface area contributed by atoms with Crippen molar-refractivity contribution in [3.8, 4) is 0 Å². The van der Waals surface area contributed by atoms with Crippen LogP contribution in [0.15, 0.2) is 47.4 Å². The van der Waals surface area contributed by atoms with Crippen LogP contribution in [0.25, 0.3) is 0 Å². The number of nitrogens with zero attached hydrogens (tertiary/aromatic N) is 1. The smallest absolute Gasteiger partial charge is 0.252 e. The number of methoxy groups -OCH3 is 1. The van der Waals surface area contributed by atoms with Crippen molar-refractivity contribution in [2.45, 2.75) is 50.5 Å². The first-order valence-corrected chi connectivity index (χ1v) is 14.2. The van der Waals surface area contributed by atoms with Crippen LogP contribution in [0, 0.1) is 6.92 Å².